The third-order valence-corrected chi connectivity index (χ3v) is 4.91. The summed E-state index contributed by atoms with van der Waals surface area (Å²) in [5.41, 5.74) is 1.51. The third kappa shape index (κ3) is 3.40. The second-order valence-electron chi connectivity index (χ2n) is 6.58. The highest BCUT2D eigenvalue weighted by Crippen LogP contribution is 2.29. The van der Waals surface area contributed by atoms with Crippen molar-refractivity contribution in [1.29, 1.82) is 0 Å². The molecule has 4 rings (SSSR count). The number of hydrogen-bond acceptors (Lipinski definition) is 5. The summed E-state index contributed by atoms with van der Waals surface area (Å²) in [5.74, 6) is 1.46. The van der Waals surface area contributed by atoms with E-state index in [9.17, 15) is 4.79 Å². The first-order valence-electron chi connectivity index (χ1n) is 9.04. The molecule has 2 heterocycles. The van der Waals surface area contributed by atoms with Crippen molar-refractivity contribution >= 4 is 5.91 Å². The van der Waals surface area contributed by atoms with E-state index in [0.29, 0.717) is 17.9 Å². The SMILES string of the molecule is COc1ccccc1C(=O)N1CCCC(c2nnnn2-c2ccccc2)C1. The Bertz CT molecular complexity index is 925. The molecule has 138 valence electrons. The van der Waals surface area contributed by atoms with Gasteiger partial charge in [-0.1, -0.05) is 30.3 Å². The predicted octanol–water partition coefficient (Wildman–Crippen LogP) is 2.69. The lowest BCUT2D eigenvalue weighted by molar-refractivity contribution is 0.0700. The lowest BCUT2D eigenvalue weighted by atomic mass is 9.96. The summed E-state index contributed by atoms with van der Waals surface area (Å²) >= 11 is 0. The molecule has 0 bridgehead atoms. The van der Waals surface area contributed by atoms with Crippen LogP contribution in [0.5, 0.6) is 5.75 Å². The number of amides is 1. The van der Waals surface area contributed by atoms with Gasteiger partial charge in [0.2, 0.25) is 0 Å². The highest BCUT2D eigenvalue weighted by molar-refractivity contribution is 5.97. The minimum atomic E-state index is -0.0177. The Hall–Kier alpha value is -3.22. The molecule has 0 aliphatic carbocycles. The van der Waals surface area contributed by atoms with E-state index in [1.165, 1.54) is 0 Å². The number of nitrogens with zero attached hydrogens (tertiary/aromatic N) is 5. The fourth-order valence-corrected chi connectivity index (χ4v) is 3.57. The average molecular weight is 363 g/mol. The highest BCUT2D eigenvalue weighted by Gasteiger charge is 2.30. The Morgan fingerprint density at radius 2 is 1.89 bits per heavy atom. The molecule has 1 aromatic heterocycles. The first-order valence-corrected chi connectivity index (χ1v) is 9.04. The van der Waals surface area contributed by atoms with Crippen molar-refractivity contribution in [2.75, 3.05) is 20.2 Å². The molecule has 1 amide bonds. The van der Waals surface area contributed by atoms with Gasteiger partial charge in [-0.3, -0.25) is 4.79 Å². The molecule has 3 aromatic rings. The van der Waals surface area contributed by atoms with Crippen molar-refractivity contribution in [1.82, 2.24) is 25.1 Å². The van der Waals surface area contributed by atoms with Crippen LogP contribution in [0.2, 0.25) is 0 Å². The largest absolute Gasteiger partial charge is 0.496 e. The molecule has 2 aromatic carbocycles. The number of piperidine rings is 1. The summed E-state index contributed by atoms with van der Waals surface area (Å²) in [6, 6.07) is 17.2. The molecule has 1 unspecified atom stereocenters. The van der Waals surface area contributed by atoms with Gasteiger partial charge in [0.25, 0.3) is 5.91 Å². The highest BCUT2D eigenvalue weighted by atomic mass is 16.5. The zero-order chi connectivity index (χ0) is 18.6. The quantitative estimate of drug-likeness (QED) is 0.713. The van der Waals surface area contributed by atoms with Crippen LogP contribution in [-0.2, 0) is 0 Å². The van der Waals surface area contributed by atoms with Crippen LogP contribution in [0.15, 0.2) is 54.6 Å². The second kappa shape index (κ2) is 7.57. The van der Waals surface area contributed by atoms with Gasteiger partial charge in [-0.15, -0.1) is 5.10 Å². The van der Waals surface area contributed by atoms with Crippen molar-refractivity contribution in [3.8, 4) is 11.4 Å². The number of carbonyl (C=O) groups is 1. The summed E-state index contributed by atoms with van der Waals surface area (Å²) in [6.45, 7) is 1.31. The molecule has 0 radical (unpaired) electrons. The van der Waals surface area contributed by atoms with E-state index in [4.69, 9.17) is 4.74 Å². The normalized spacial score (nSPS) is 16.9. The standard InChI is InChI=1S/C20H21N5O2/c1-27-18-12-6-5-11-17(18)20(26)24-13-7-8-15(14-24)19-21-22-23-25(19)16-9-3-2-4-10-16/h2-6,9-12,15H,7-8,13-14H2,1H3. The van der Waals surface area contributed by atoms with Gasteiger partial charge >= 0.3 is 0 Å². The molecule has 0 spiro atoms. The molecule has 27 heavy (non-hydrogen) atoms. The van der Waals surface area contributed by atoms with Gasteiger partial charge in [0.05, 0.1) is 18.4 Å². The number of rotatable bonds is 4. The van der Waals surface area contributed by atoms with Gasteiger partial charge in [-0.05, 0) is 47.5 Å². The van der Waals surface area contributed by atoms with Crippen LogP contribution in [0.3, 0.4) is 0 Å². The number of para-hydroxylation sites is 2. The van der Waals surface area contributed by atoms with Crippen LogP contribution in [0.25, 0.3) is 5.69 Å². The Kier molecular flexibility index (Phi) is 4.82. The predicted molar refractivity (Wildman–Crippen MR) is 100 cm³/mol. The summed E-state index contributed by atoms with van der Waals surface area (Å²) in [7, 11) is 1.58. The molecule has 7 heteroatoms. The van der Waals surface area contributed by atoms with Gasteiger partial charge < -0.3 is 9.64 Å². The zero-order valence-corrected chi connectivity index (χ0v) is 15.2. The van der Waals surface area contributed by atoms with Gasteiger partial charge in [-0.25, -0.2) is 0 Å². The summed E-state index contributed by atoms with van der Waals surface area (Å²) < 4.78 is 7.11. The van der Waals surface area contributed by atoms with E-state index in [0.717, 1.165) is 30.9 Å². The van der Waals surface area contributed by atoms with E-state index < -0.39 is 0 Å². The smallest absolute Gasteiger partial charge is 0.257 e. The fourth-order valence-electron chi connectivity index (χ4n) is 3.57. The van der Waals surface area contributed by atoms with Crippen molar-refractivity contribution in [2.45, 2.75) is 18.8 Å². The molecule has 0 saturated carbocycles. The number of hydrogen-bond donors (Lipinski definition) is 0. The van der Waals surface area contributed by atoms with Crippen molar-refractivity contribution in [3.05, 3.63) is 66.0 Å². The van der Waals surface area contributed by atoms with Crippen LogP contribution in [0.4, 0.5) is 0 Å². The topological polar surface area (TPSA) is 73.1 Å². The van der Waals surface area contributed by atoms with Crippen molar-refractivity contribution < 1.29 is 9.53 Å². The van der Waals surface area contributed by atoms with Crippen LogP contribution in [0, 0.1) is 0 Å². The van der Waals surface area contributed by atoms with E-state index in [1.54, 1.807) is 17.9 Å². The van der Waals surface area contributed by atoms with Gasteiger partial charge in [0.15, 0.2) is 5.82 Å². The first-order chi connectivity index (χ1) is 13.3. The Morgan fingerprint density at radius 3 is 2.70 bits per heavy atom. The zero-order valence-electron chi connectivity index (χ0n) is 15.2. The number of likely N-dealkylation sites (tertiary alicyclic amines) is 1. The molecule has 1 atom stereocenters. The number of aromatic nitrogens is 4. The Morgan fingerprint density at radius 1 is 1.11 bits per heavy atom. The molecular weight excluding hydrogens is 342 g/mol. The second-order valence-corrected chi connectivity index (χ2v) is 6.58. The molecule has 0 N–H and O–H groups in total. The van der Waals surface area contributed by atoms with Gasteiger partial charge in [-0.2, -0.15) is 4.68 Å². The summed E-state index contributed by atoms with van der Waals surface area (Å²) in [5, 5.41) is 12.3. The lowest BCUT2D eigenvalue weighted by Crippen LogP contribution is -2.40. The van der Waals surface area contributed by atoms with Gasteiger partial charge in [0.1, 0.15) is 5.75 Å². The Labute approximate surface area is 157 Å². The van der Waals surface area contributed by atoms with E-state index >= 15 is 0 Å². The summed E-state index contributed by atoms with van der Waals surface area (Å²) in [6.07, 6.45) is 1.86. The number of ether oxygens (including phenoxy) is 1. The maximum atomic E-state index is 13.0. The maximum absolute atomic E-state index is 13.0. The maximum Gasteiger partial charge on any atom is 0.257 e. The third-order valence-electron chi connectivity index (χ3n) is 4.91. The number of methoxy groups -OCH3 is 1. The Balaban J connectivity index is 1.58. The monoisotopic (exact) mass is 363 g/mol. The van der Waals surface area contributed by atoms with E-state index in [-0.39, 0.29) is 11.8 Å². The molecular formula is C20H21N5O2. The molecule has 1 aliphatic heterocycles. The van der Waals surface area contributed by atoms with Crippen molar-refractivity contribution in [2.24, 2.45) is 0 Å². The van der Waals surface area contributed by atoms with E-state index in [2.05, 4.69) is 15.5 Å². The number of tetrazole rings is 1. The number of benzene rings is 2. The molecule has 1 fully saturated rings. The van der Waals surface area contributed by atoms with Crippen LogP contribution in [0.1, 0.15) is 34.9 Å². The van der Waals surface area contributed by atoms with Crippen LogP contribution < -0.4 is 4.74 Å². The first kappa shape index (κ1) is 17.2. The number of carbonyl (C=O) groups excluding carboxylic acids is 1. The van der Waals surface area contributed by atoms with Crippen molar-refractivity contribution in [3.63, 3.8) is 0 Å². The fraction of sp³-hybridized carbons (Fsp3) is 0.300. The minimum absolute atomic E-state index is 0.0177. The average Bonchev–Trinajstić information content (AvgIpc) is 3.24. The van der Waals surface area contributed by atoms with Gasteiger partial charge in [0, 0.05) is 19.0 Å². The van der Waals surface area contributed by atoms with E-state index in [1.807, 2.05) is 53.4 Å². The molecule has 1 saturated heterocycles. The molecule has 7 nitrogen and oxygen atoms in total. The van der Waals surface area contributed by atoms with Crippen LogP contribution >= 0.6 is 0 Å². The summed E-state index contributed by atoms with van der Waals surface area (Å²) in [4.78, 5) is 14.9. The minimum Gasteiger partial charge on any atom is -0.496 e. The lowest BCUT2D eigenvalue weighted by Gasteiger charge is -2.32. The molecule has 1 aliphatic rings. The van der Waals surface area contributed by atoms with Crippen LogP contribution in [-0.4, -0.2) is 51.2 Å².